The Labute approximate surface area is 90.0 Å². The number of halogens is 1. The van der Waals surface area contributed by atoms with E-state index in [1.54, 1.807) is 0 Å². The van der Waals surface area contributed by atoms with Gasteiger partial charge in [0, 0.05) is 5.56 Å². The van der Waals surface area contributed by atoms with Gasteiger partial charge in [0.1, 0.15) is 5.75 Å². The highest BCUT2D eigenvalue weighted by atomic mass is 35.5. The molecule has 0 saturated heterocycles. The first kappa shape index (κ1) is 9.85. The summed E-state index contributed by atoms with van der Waals surface area (Å²) in [5.41, 5.74) is 1.09. The Morgan fingerprint density at radius 1 is 1.29 bits per heavy atom. The zero-order chi connectivity index (χ0) is 9.80. The zero-order valence-corrected chi connectivity index (χ0v) is 8.96. The molecule has 76 valence electrons. The summed E-state index contributed by atoms with van der Waals surface area (Å²) >= 11 is 5.81. The minimum atomic E-state index is 0.527. The molecule has 1 aliphatic carbocycles. The number of hydrogen-bond donors (Lipinski definition) is 0. The monoisotopic (exact) mass is 210 g/mol. The van der Waals surface area contributed by atoms with Crippen LogP contribution in [-0.4, -0.2) is 6.61 Å². The summed E-state index contributed by atoms with van der Waals surface area (Å²) < 4.78 is 5.69. The van der Waals surface area contributed by atoms with E-state index in [4.69, 9.17) is 16.3 Å². The molecular weight excluding hydrogens is 196 g/mol. The number of para-hydroxylation sites is 1. The van der Waals surface area contributed by atoms with Gasteiger partial charge >= 0.3 is 0 Å². The fourth-order valence-electron chi connectivity index (χ4n) is 1.50. The van der Waals surface area contributed by atoms with Gasteiger partial charge in [-0.15, -0.1) is 11.6 Å². The number of rotatable bonds is 5. The predicted molar refractivity (Wildman–Crippen MR) is 58.8 cm³/mol. The van der Waals surface area contributed by atoms with Crippen LogP contribution in [0, 0.1) is 5.92 Å². The van der Waals surface area contributed by atoms with Gasteiger partial charge in [-0.05, 0) is 18.4 Å². The number of benzene rings is 1. The molecule has 2 rings (SSSR count). The van der Waals surface area contributed by atoms with Crippen molar-refractivity contribution in [3.05, 3.63) is 29.8 Å². The van der Waals surface area contributed by atoms with Gasteiger partial charge in [-0.1, -0.05) is 31.0 Å². The quantitative estimate of drug-likeness (QED) is 0.675. The molecule has 0 aromatic heterocycles. The Bertz CT molecular complexity index is 294. The maximum absolute atomic E-state index is 5.81. The third-order valence-electron chi connectivity index (χ3n) is 2.60. The van der Waals surface area contributed by atoms with Crippen LogP contribution < -0.4 is 4.74 Å². The van der Waals surface area contributed by atoms with E-state index in [1.165, 1.54) is 19.3 Å². The average Bonchev–Trinajstić information content (AvgIpc) is 3.03. The molecule has 0 aliphatic heterocycles. The molecule has 14 heavy (non-hydrogen) atoms. The van der Waals surface area contributed by atoms with Gasteiger partial charge in [0.25, 0.3) is 0 Å². The smallest absolute Gasteiger partial charge is 0.123 e. The Hall–Kier alpha value is -0.690. The summed E-state index contributed by atoms with van der Waals surface area (Å²) in [6, 6.07) is 7.98. The average molecular weight is 211 g/mol. The van der Waals surface area contributed by atoms with Crippen LogP contribution >= 0.6 is 11.6 Å². The van der Waals surface area contributed by atoms with Crippen LogP contribution in [-0.2, 0) is 5.88 Å². The van der Waals surface area contributed by atoms with Crippen molar-refractivity contribution in [2.75, 3.05) is 6.61 Å². The molecule has 0 spiro atoms. The second-order valence-corrected chi connectivity index (χ2v) is 4.09. The van der Waals surface area contributed by atoms with Crippen molar-refractivity contribution in [2.24, 2.45) is 5.92 Å². The van der Waals surface area contributed by atoms with Crippen LogP contribution in [0.5, 0.6) is 5.75 Å². The molecule has 0 amide bonds. The summed E-state index contributed by atoms with van der Waals surface area (Å²) in [5, 5.41) is 0. The maximum Gasteiger partial charge on any atom is 0.123 e. The third kappa shape index (κ3) is 2.65. The summed E-state index contributed by atoms with van der Waals surface area (Å²) in [5.74, 6) is 2.40. The molecular formula is C12H15ClO. The Morgan fingerprint density at radius 3 is 2.79 bits per heavy atom. The van der Waals surface area contributed by atoms with Gasteiger partial charge in [0.15, 0.2) is 0 Å². The fourth-order valence-corrected chi connectivity index (χ4v) is 1.72. The summed E-state index contributed by atoms with van der Waals surface area (Å²) in [7, 11) is 0. The molecule has 1 saturated carbocycles. The van der Waals surface area contributed by atoms with Crippen molar-refractivity contribution >= 4 is 11.6 Å². The molecule has 1 fully saturated rings. The van der Waals surface area contributed by atoms with Crippen LogP contribution in [0.15, 0.2) is 24.3 Å². The highest BCUT2D eigenvalue weighted by Crippen LogP contribution is 2.32. The predicted octanol–water partition coefficient (Wildman–Crippen LogP) is 3.60. The summed E-state index contributed by atoms with van der Waals surface area (Å²) in [6.07, 6.45) is 3.97. The van der Waals surface area contributed by atoms with Crippen molar-refractivity contribution in [2.45, 2.75) is 25.1 Å². The van der Waals surface area contributed by atoms with Crippen molar-refractivity contribution in [1.82, 2.24) is 0 Å². The van der Waals surface area contributed by atoms with Gasteiger partial charge in [-0.3, -0.25) is 0 Å². The molecule has 0 bridgehead atoms. The number of alkyl halides is 1. The van der Waals surface area contributed by atoms with Crippen molar-refractivity contribution < 1.29 is 4.74 Å². The molecule has 1 aromatic rings. The standard InChI is InChI=1S/C12H15ClO/c13-9-11-3-1-2-4-12(11)14-8-7-10-5-6-10/h1-4,10H,5-9H2. The lowest BCUT2D eigenvalue weighted by Gasteiger charge is -2.08. The molecule has 1 nitrogen and oxygen atoms in total. The maximum atomic E-state index is 5.81. The van der Waals surface area contributed by atoms with E-state index >= 15 is 0 Å². The van der Waals surface area contributed by atoms with Crippen molar-refractivity contribution in [3.8, 4) is 5.75 Å². The van der Waals surface area contributed by atoms with Gasteiger partial charge in [-0.2, -0.15) is 0 Å². The largest absolute Gasteiger partial charge is 0.493 e. The normalized spacial score (nSPS) is 15.5. The van der Waals surface area contributed by atoms with E-state index in [0.29, 0.717) is 5.88 Å². The van der Waals surface area contributed by atoms with Crippen molar-refractivity contribution in [3.63, 3.8) is 0 Å². The second-order valence-electron chi connectivity index (χ2n) is 3.82. The lowest BCUT2D eigenvalue weighted by Crippen LogP contribution is -2.00. The van der Waals surface area contributed by atoms with E-state index in [1.807, 2.05) is 24.3 Å². The van der Waals surface area contributed by atoms with E-state index in [9.17, 15) is 0 Å². The SMILES string of the molecule is ClCc1ccccc1OCCC1CC1. The molecule has 0 unspecified atom stereocenters. The minimum absolute atomic E-state index is 0.527. The van der Waals surface area contributed by atoms with E-state index in [2.05, 4.69) is 0 Å². The van der Waals surface area contributed by atoms with Gasteiger partial charge in [0.05, 0.1) is 12.5 Å². The summed E-state index contributed by atoms with van der Waals surface area (Å²) in [6.45, 7) is 0.832. The van der Waals surface area contributed by atoms with Crippen LogP contribution in [0.25, 0.3) is 0 Å². The molecule has 0 N–H and O–H groups in total. The highest BCUT2D eigenvalue weighted by Gasteiger charge is 2.20. The molecule has 0 heterocycles. The Balaban J connectivity index is 1.86. The van der Waals surface area contributed by atoms with Crippen LogP contribution in [0.2, 0.25) is 0 Å². The molecule has 0 atom stereocenters. The van der Waals surface area contributed by atoms with Crippen LogP contribution in [0.3, 0.4) is 0 Å². The Morgan fingerprint density at radius 2 is 2.07 bits per heavy atom. The van der Waals surface area contributed by atoms with E-state index < -0.39 is 0 Å². The molecule has 1 aromatic carbocycles. The first-order chi connectivity index (χ1) is 6.90. The zero-order valence-electron chi connectivity index (χ0n) is 8.21. The lowest BCUT2D eigenvalue weighted by atomic mass is 10.2. The van der Waals surface area contributed by atoms with E-state index in [-0.39, 0.29) is 0 Å². The second kappa shape index (κ2) is 4.70. The lowest BCUT2D eigenvalue weighted by molar-refractivity contribution is 0.300. The number of hydrogen-bond acceptors (Lipinski definition) is 1. The van der Waals surface area contributed by atoms with Crippen molar-refractivity contribution in [1.29, 1.82) is 0 Å². The molecule has 1 aliphatic rings. The molecule has 0 radical (unpaired) electrons. The van der Waals surface area contributed by atoms with Crippen LogP contribution in [0.1, 0.15) is 24.8 Å². The third-order valence-corrected chi connectivity index (χ3v) is 2.89. The Kier molecular flexibility index (Phi) is 3.30. The first-order valence-corrected chi connectivity index (χ1v) is 5.70. The molecule has 2 heteroatoms. The van der Waals surface area contributed by atoms with E-state index in [0.717, 1.165) is 23.8 Å². The van der Waals surface area contributed by atoms with Gasteiger partial charge in [-0.25, -0.2) is 0 Å². The van der Waals surface area contributed by atoms with Gasteiger partial charge in [0.2, 0.25) is 0 Å². The minimum Gasteiger partial charge on any atom is -0.493 e. The summed E-state index contributed by atoms with van der Waals surface area (Å²) in [4.78, 5) is 0. The van der Waals surface area contributed by atoms with Gasteiger partial charge < -0.3 is 4.74 Å². The topological polar surface area (TPSA) is 9.23 Å². The fraction of sp³-hybridized carbons (Fsp3) is 0.500. The first-order valence-electron chi connectivity index (χ1n) is 5.17. The highest BCUT2D eigenvalue weighted by molar-refractivity contribution is 6.17. The number of ether oxygens (including phenoxy) is 1. The van der Waals surface area contributed by atoms with Crippen LogP contribution in [0.4, 0.5) is 0 Å².